The number of carboxylic acids is 1. The number of carbonyl (C=O) groups is 2. The molecule has 0 saturated carbocycles. The van der Waals surface area contributed by atoms with Gasteiger partial charge in [-0.05, 0) is 68.5 Å². The van der Waals surface area contributed by atoms with Crippen molar-refractivity contribution in [2.24, 2.45) is 5.41 Å². The molecular formula is C26H30FN3O3. The third-order valence-corrected chi connectivity index (χ3v) is 6.62. The molecule has 0 spiro atoms. The molecular weight excluding hydrogens is 421 g/mol. The molecule has 7 heteroatoms. The summed E-state index contributed by atoms with van der Waals surface area (Å²) in [5, 5.41) is 10.3. The Hall–Kier alpha value is -3.22. The maximum atomic E-state index is 13.8. The summed E-state index contributed by atoms with van der Waals surface area (Å²) >= 11 is 0. The van der Waals surface area contributed by atoms with Gasteiger partial charge in [0.05, 0.1) is 12.0 Å². The third kappa shape index (κ3) is 4.92. The molecule has 6 nitrogen and oxygen atoms in total. The Bertz CT molecular complexity index is 1180. The lowest BCUT2D eigenvalue weighted by Gasteiger charge is -2.29. The van der Waals surface area contributed by atoms with E-state index in [0.29, 0.717) is 45.3 Å². The van der Waals surface area contributed by atoms with Crippen molar-refractivity contribution in [2.45, 2.75) is 59.0 Å². The summed E-state index contributed by atoms with van der Waals surface area (Å²) in [6, 6.07) is 10.6. The molecule has 174 valence electrons. The van der Waals surface area contributed by atoms with Gasteiger partial charge in [-0.25, -0.2) is 9.37 Å². The minimum atomic E-state index is -0.808. The molecule has 2 aromatic heterocycles. The zero-order valence-electron chi connectivity index (χ0n) is 19.2. The quantitative estimate of drug-likeness (QED) is 0.500. The molecule has 33 heavy (non-hydrogen) atoms. The zero-order chi connectivity index (χ0) is 23.6. The van der Waals surface area contributed by atoms with Crippen LogP contribution >= 0.6 is 0 Å². The number of carboxylic acid groups (broad SMARTS) is 1. The highest BCUT2D eigenvalue weighted by atomic mass is 19.1. The minimum absolute atomic E-state index is 0.0873. The number of hydrogen-bond acceptors (Lipinski definition) is 3. The van der Waals surface area contributed by atoms with Gasteiger partial charge in [-0.2, -0.15) is 0 Å². The Balaban J connectivity index is 1.49. The van der Waals surface area contributed by atoms with Crippen molar-refractivity contribution >= 4 is 22.9 Å². The number of amides is 1. The van der Waals surface area contributed by atoms with E-state index in [9.17, 15) is 19.1 Å². The molecule has 1 aliphatic heterocycles. The van der Waals surface area contributed by atoms with Gasteiger partial charge in [-0.3, -0.25) is 9.59 Å². The lowest BCUT2D eigenvalue weighted by Crippen LogP contribution is -2.36. The number of fused-ring (bicyclic) bond motifs is 3. The largest absolute Gasteiger partial charge is 0.481 e. The molecule has 0 fully saturated rings. The van der Waals surface area contributed by atoms with Gasteiger partial charge in [0.15, 0.2) is 0 Å². The Labute approximate surface area is 193 Å². The number of benzene rings is 1. The van der Waals surface area contributed by atoms with Crippen LogP contribution in [0.5, 0.6) is 0 Å². The highest BCUT2D eigenvalue weighted by Crippen LogP contribution is 2.31. The summed E-state index contributed by atoms with van der Waals surface area (Å²) in [6.45, 7) is 5.08. The van der Waals surface area contributed by atoms with Crippen LogP contribution in [0.1, 0.15) is 56.4 Å². The molecule has 3 heterocycles. The van der Waals surface area contributed by atoms with Crippen LogP contribution in [0.2, 0.25) is 0 Å². The van der Waals surface area contributed by atoms with E-state index >= 15 is 0 Å². The number of aromatic nitrogens is 2. The lowest BCUT2D eigenvalue weighted by molar-refractivity contribution is -0.147. The normalized spacial score (nSPS) is 13.8. The molecule has 1 aliphatic rings. The molecule has 0 radical (unpaired) electrons. The van der Waals surface area contributed by atoms with E-state index in [2.05, 4.69) is 15.6 Å². The van der Waals surface area contributed by atoms with E-state index in [0.717, 1.165) is 28.7 Å². The summed E-state index contributed by atoms with van der Waals surface area (Å²) in [6.07, 6.45) is 4.85. The van der Waals surface area contributed by atoms with Gasteiger partial charge in [0.25, 0.3) is 0 Å². The standard InChI is InChI=1S/C26H30FN3O3/c1-26(2,25(32)33)12-4-3-10-23(31)29-14-11-20-21-9-6-13-28-24(21)30(22(20)17-29)16-18-7-5-8-19(27)15-18/h5-9,13,15H,3-4,10-12,14,16-17H2,1-2H3,(H,32,33). The summed E-state index contributed by atoms with van der Waals surface area (Å²) in [7, 11) is 0. The summed E-state index contributed by atoms with van der Waals surface area (Å²) in [4.78, 5) is 30.7. The Morgan fingerprint density at radius 2 is 2.00 bits per heavy atom. The first kappa shape index (κ1) is 23.0. The first-order valence-electron chi connectivity index (χ1n) is 11.5. The molecule has 0 aliphatic carbocycles. The van der Waals surface area contributed by atoms with Crippen molar-refractivity contribution in [2.75, 3.05) is 6.54 Å². The first-order chi connectivity index (χ1) is 15.8. The number of unbranched alkanes of at least 4 members (excludes halogenated alkanes) is 1. The van der Waals surface area contributed by atoms with E-state index in [1.165, 1.54) is 17.7 Å². The molecule has 0 unspecified atom stereocenters. The predicted molar refractivity (Wildman–Crippen MR) is 124 cm³/mol. The molecule has 0 saturated heterocycles. The lowest BCUT2D eigenvalue weighted by atomic mass is 9.87. The van der Waals surface area contributed by atoms with Gasteiger partial charge in [0.1, 0.15) is 11.5 Å². The fourth-order valence-electron chi connectivity index (χ4n) is 4.57. The highest BCUT2D eigenvalue weighted by Gasteiger charge is 2.28. The van der Waals surface area contributed by atoms with Crippen molar-refractivity contribution < 1.29 is 19.1 Å². The van der Waals surface area contributed by atoms with Crippen LogP contribution in [0.15, 0.2) is 42.6 Å². The molecule has 1 amide bonds. The monoisotopic (exact) mass is 451 g/mol. The van der Waals surface area contributed by atoms with E-state index < -0.39 is 11.4 Å². The highest BCUT2D eigenvalue weighted by molar-refractivity contribution is 5.84. The maximum absolute atomic E-state index is 13.8. The molecule has 1 aromatic carbocycles. The molecule has 0 atom stereocenters. The SMILES string of the molecule is CC(C)(CCCCC(=O)N1CCc2c(n(Cc3cccc(F)c3)c3ncccc23)C1)C(=O)O. The fourth-order valence-corrected chi connectivity index (χ4v) is 4.57. The average Bonchev–Trinajstić information content (AvgIpc) is 3.09. The summed E-state index contributed by atoms with van der Waals surface area (Å²) in [5.41, 5.74) is 3.21. The second-order valence-corrected chi connectivity index (χ2v) is 9.48. The third-order valence-electron chi connectivity index (χ3n) is 6.62. The second-order valence-electron chi connectivity index (χ2n) is 9.48. The molecule has 0 bridgehead atoms. The Morgan fingerprint density at radius 1 is 1.18 bits per heavy atom. The predicted octanol–water partition coefficient (Wildman–Crippen LogP) is 4.78. The van der Waals surface area contributed by atoms with E-state index in [1.54, 1.807) is 26.1 Å². The van der Waals surface area contributed by atoms with Crippen LogP contribution in [0, 0.1) is 11.2 Å². The number of hydrogen-bond donors (Lipinski definition) is 1. The average molecular weight is 452 g/mol. The van der Waals surface area contributed by atoms with Crippen LogP contribution in [0.4, 0.5) is 4.39 Å². The van der Waals surface area contributed by atoms with Crippen molar-refractivity contribution in [3.8, 4) is 0 Å². The van der Waals surface area contributed by atoms with Crippen LogP contribution in [0.3, 0.4) is 0 Å². The van der Waals surface area contributed by atoms with Crippen LogP contribution in [-0.4, -0.2) is 38.0 Å². The van der Waals surface area contributed by atoms with Gasteiger partial charge in [-0.1, -0.05) is 18.6 Å². The smallest absolute Gasteiger partial charge is 0.309 e. The van der Waals surface area contributed by atoms with Crippen molar-refractivity contribution in [1.82, 2.24) is 14.5 Å². The topological polar surface area (TPSA) is 75.4 Å². The van der Waals surface area contributed by atoms with Gasteiger partial charge in [0, 0.05) is 36.8 Å². The Morgan fingerprint density at radius 3 is 2.76 bits per heavy atom. The zero-order valence-corrected chi connectivity index (χ0v) is 19.2. The molecule has 3 aromatic rings. The molecule has 4 rings (SSSR count). The summed E-state index contributed by atoms with van der Waals surface area (Å²) < 4.78 is 15.9. The number of rotatable bonds is 8. The van der Waals surface area contributed by atoms with E-state index in [-0.39, 0.29) is 11.7 Å². The van der Waals surface area contributed by atoms with Gasteiger partial charge < -0.3 is 14.6 Å². The molecule has 1 N–H and O–H groups in total. The number of carbonyl (C=O) groups excluding carboxylic acids is 1. The number of aliphatic carboxylic acids is 1. The van der Waals surface area contributed by atoms with Crippen LogP contribution in [0.25, 0.3) is 11.0 Å². The van der Waals surface area contributed by atoms with Gasteiger partial charge >= 0.3 is 5.97 Å². The number of halogens is 1. The van der Waals surface area contributed by atoms with Crippen molar-refractivity contribution in [3.05, 3.63) is 65.2 Å². The van der Waals surface area contributed by atoms with E-state index in [1.807, 2.05) is 17.0 Å². The second kappa shape index (κ2) is 9.33. The van der Waals surface area contributed by atoms with Gasteiger partial charge in [-0.15, -0.1) is 0 Å². The number of pyridine rings is 1. The van der Waals surface area contributed by atoms with Crippen molar-refractivity contribution in [3.63, 3.8) is 0 Å². The van der Waals surface area contributed by atoms with Crippen molar-refractivity contribution in [1.29, 1.82) is 0 Å². The Kier molecular flexibility index (Phi) is 6.49. The fraction of sp³-hybridized carbons (Fsp3) is 0.423. The minimum Gasteiger partial charge on any atom is -0.481 e. The maximum Gasteiger partial charge on any atom is 0.309 e. The van der Waals surface area contributed by atoms with Crippen LogP contribution < -0.4 is 0 Å². The first-order valence-corrected chi connectivity index (χ1v) is 11.5. The number of nitrogens with zero attached hydrogens (tertiary/aromatic N) is 3. The van der Waals surface area contributed by atoms with E-state index in [4.69, 9.17) is 0 Å². The van der Waals surface area contributed by atoms with Gasteiger partial charge in [0.2, 0.25) is 5.91 Å². The van der Waals surface area contributed by atoms with Crippen LogP contribution in [-0.2, 0) is 29.1 Å². The summed E-state index contributed by atoms with van der Waals surface area (Å²) in [5.74, 6) is -0.991.